The Labute approximate surface area is 103 Å². The molecule has 2 N–H and O–H groups in total. The van der Waals surface area contributed by atoms with Crippen LogP contribution in [0.1, 0.15) is 36.8 Å². The quantitative estimate of drug-likeness (QED) is 0.869. The molecule has 0 amide bonds. The van der Waals surface area contributed by atoms with Crippen molar-refractivity contribution in [3.8, 4) is 0 Å². The molecule has 1 aliphatic carbocycles. The van der Waals surface area contributed by atoms with E-state index in [0.29, 0.717) is 12.2 Å². The Morgan fingerprint density at radius 3 is 2.82 bits per heavy atom. The molecule has 2 rings (SSSR count). The van der Waals surface area contributed by atoms with E-state index in [4.69, 9.17) is 5.73 Å². The highest BCUT2D eigenvalue weighted by Crippen LogP contribution is 2.25. The van der Waals surface area contributed by atoms with Gasteiger partial charge in [0.2, 0.25) is 0 Å². The summed E-state index contributed by atoms with van der Waals surface area (Å²) in [5.74, 6) is 0.409. The van der Waals surface area contributed by atoms with Gasteiger partial charge in [0.15, 0.2) is 0 Å². The van der Waals surface area contributed by atoms with Gasteiger partial charge in [-0.3, -0.25) is 4.79 Å². The van der Waals surface area contributed by atoms with Crippen molar-refractivity contribution in [3.05, 3.63) is 35.4 Å². The number of aryl methyl sites for hydroxylation is 1. The molecule has 0 bridgehead atoms. The lowest BCUT2D eigenvalue weighted by Crippen LogP contribution is -2.38. The van der Waals surface area contributed by atoms with E-state index in [1.54, 1.807) is 0 Å². The molecule has 2 atom stereocenters. The fraction of sp³-hybridized carbons (Fsp3) is 0.533. The highest BCUT2D eigenvalue weighted by Gasteiger charge is 2.27. The molecule has 0 aliphatic heterocycles. The second-order valence-corrected chi connectivity index (χ2v) is 5.19. The van der Waals surface area contributed by atoms with Crippen LogP contribution in [0, 0.1) is 12.8 Å². The van der Waals surface area contributed by atoms with Gasteiger partial charge in [0.05, 0.1) is 0 Å². The third-order valence-electron chi connectivity index (χ3n) is 3.69. The first kappa shape index (κ1) is 12.3. The van der Waals surface area contributed by atoms with E-state index in [1.165, 1.54) is 12.0 Å². The third kappa shape index (κ3) is 3.16. The molecule has 2 unspecified atom stereocenters. The SMILES string of the molecule is Cc1cccc(CC(=O)C2CCCCC2N)c1. The largest absolute Gasteiger partial charge is 0.327 e. The van der Waals surface area contributed by atoms with Gasteiger partial charge >= 0.3 is 0 Å². The van der Waals surface area contributed by atoms with Gasteiger partial charge < -0.3 is 5.73 Å². The molecule has 0 spiro atoms. The number of Topliss-reactive ketones (excluding diaryl/α,β-unsaturated/α-hetero) is 1. The number of hydrogen-bond donors (Lipinski definition) is 1. The molecule has 1 aromatic carbocycles. The van der Waals surface area contributed by atoms with Crippen molar-refractivity contribution in [3.63, 3.8) is 0 Å². The molecular formula is C15H21NO. The van der Waals surface area contributed by atoms with E-state index < -0.39 is 0 Å². The smallest absolute Gasteiger partial charge is 0.141 e. The Balaban J connectivity index is 2.01. The maximum Gasteiger partial charge on any atom is 0.141 e. The number of carbonyl (C=O) groups excluding carboxylic acids is 1. The van der Waals surface area contributed by atoms with Crippen LogP contribution in [0.3, 0.4) is 0 Å². The predicted octanol–water partition coefficient (Wildman–Crippen LogP) is 2.62. The molecule has 1 aromatic rings. The summed E-state index contributed by atoms with van der Waals surface area (Å²) in [7, 11) is 0. The molecule has 17 heavy (non-hydrogen) atoms. The van der Waals surface area contributed by atoms with Gasteiger partial charge in [-0.05, 0) is 25.3 Å². The average molecular weight is 231 g/mol. The zero-order valence-electron chi connectivity index (χ0n) is 10.5. The Morgan fingerprint density at radius 2 is 2.12 bits per heavy atom. The van der Waals surface area contributed by atoms with E-state index in [0.717, 1.165) is 24.8 Å². The minimum Gasteiger partial charge on any atom is -0.327 e. The lowest BCUT2D eigenvalue weighted by atomic mass is 9.80. The average Bonchev–Trinajstić information content (AvgIpc) is 2.29. The number of rotatable bonds is 3. The van der Waals surface area contributed by atoms with Crippen LogP contribution in [0.5, 0.6) is 0 Å². The fourth-order valence-electron chi connectivity index (χ4n) is 2.71. The van der Waals surface area contributed by atoms with Crippen LogP contribution >= 0.6 is 0 Å². The summed E-state index contributed by atoms with van der Waals surface area (Å²) in [5, 5.41) is 0. The van der Waals surface area contributed by atoms with Crippen molar-refractivity contribution in [2.45, 2.75) is 45.1 Å². The number of nitrogens with two attached hydrogens (primary N) is 1. The monoisotopic (exact) mass is 231 g/mol. The van der Waals surface area contributed by atoms with Gasteiger partial charge in [0.25, 0.3) is 0 Å². The van der Waals surface area contributed by atoms with Crippen LogP contribution in [0.25, 0.3) is 0 Å². The Morgan fingerprint density at radius 1 is 1.35 bits per heavy atom. The van der Waals surface area contributed by atoms with Crippen LogP contribution < -0.4 is 5.73 Å². The Hall–Kier alpha value is -1.15. The van der Waals surface area contributed by atoms with E-state index >= 15 is 0 Å². The molecule has 2 nitrogen and oxygen atoms in total. The summed E-state index contributed by atoms with van der Waals surface area (Å²) >= 11 is 0. The number of hydrogen-bond acceptors (Lipinski definition) is 2. The second kappa shape index (κ2) is 5.46. The van der Waals surface area contributed by atoms with Crippen LogP contribution in [0.4, 0.5) is 0 Å². The van der Waals surface area contributed by atoms with Crippen LogP contribution in [0.2, 0.25) is 0 Å². The van der Waals surface area contributed by atoms with Gasteiger partial charge in [-0.1, -0.05) is 42.7 Å². The summed E-state index contributed by atoms with van der Waals surface area (Å²) in [4.78, 5) is 12.2. The molecule has 2 heteroatoms. The zero-order chi connectivity index (χ0) is 12.3. The van der Waals surface area contributed by atoms with Gasteiger partial charge in [0.1, 0.15) is 5.78 Å². The molecule has 1 saturated carbocycles. The maximum absolute atomic E-state index is 12.2. The van der Waals surface area contributed by atoms with Gasteiger partial charge in [-0.2, -0.15) is 0 Å². The Bertz CT molecular complexity index is 400. The second-order valence-electron chi connectivity index (χ2n) is 5.19. The van der Waals surface area contributed by atoms with Gasteiger partial charge in [-0.15, -0.1) is 0 Å². The number of benzene rings is 1. The van der Waals surface area contributed by atoms with Crippen LogP contribution in [-0.4, -0.2) is 11.8 Å². The number of carbonyl (C=O) groups is 1. The summed E-state index contributed by atoms with van der Waals surface area (Å²) in [5.41, 5.74) is 8.37. The zero-order valence-corrected chi connectivity index (χ0v) is 10.5. The highest BCUT2D eigenvalue weighted by molar-refractivity contribution is 5.84. The van der Waals surface area contributed by atoms with Gasteiger partial charge in [-0.25, -0.2) is 0 Å². The first-order chi connectivity index (χ1) is 8.16. The predicted molar refractivity (Wildman–Crippen MR) is 69.8 cm³/mol. The molecule has 1 fully saturated rings. The summed E-state index contributed by atoms with van der Waals surface area (Å²) in [6.07, 6.45) is 4.85. The topological polar surface area (TPSA) is 43.1 Å². The lowest BCUT2D eigenvalue weighted by Gasteiger charge is -2.27. The van der Waals surface area contributed by atoms with Crippen molar-refractivity contribution in [1.29, 1.82) is 0 Å². The minimum atomic E-state index is 0.0843. The number of ketones is 1. The van der Waals surface area contributed by atoms with Crippen molar-refractivity contribution >= 4 is 5.78 Å². The maximum atomic E-state index is 12.2. The molecular weight excluding hydrogens is 210 g/mol. The van der Waals surface area contributed by atoms with Crippen LogP contribution in [0.15, 0.2) is 24.3 Å². The molecule has 92 valence electrons. The third-order valence-corrected chi connectivity index (χ3v) is 3.69. The van der Waals surface area contributed by atoms with Crippen molar-refractivity contribution in [2.75, 3.05) is 0 Å². The van der Waals surface area contributed by atoms with E-state index in [1.807, 2.05) is 12.1 Å². The minimum absolute atomic E-state index is 0.0843. The van der Waals surface area contributed by atoms with Crippen molar-refractivity contribution in [1.82, 2.24) is 0 Å². The van der Waals surface area contributed by atoms with Crippen LogP contribution in [-0.2, 0) is 11.2 Å². The molecule has 0 aromatic heterocycles. The molecule has 0 radical (unpaired) electrons. The van der Waals surface area contributed by atoms with E-state index in [9.17, 15) is 4.79 Å². The molecule has 0 heterocycles. The van der Waals surface area contributed by atoms with Gasteiger partial charge in [0, 0.05) is 18.4 Å². The van der Waals surface area contributed by atoms with Crippen molar-refractivity contribution < 1.29 is 4.79 Å². The normalized spacial score (nSPS) is 24.6. The summed E-state index contributed by atoms with van der Waals surface area (Å²) in [6.45, 7) is 2.06. The Kier molecular flexibility index (Phi) is 3.95. The molecule has 0 saturated heterocycles. The van der Waals surface area contributed by atoms with E-state index in [-0.39, 0.29) is 12.0 Å². The van der Waals surface area contributed by atoms with Crippen molar-refractivity contribution in [2.24, 2.45) is 11.7 Å². The summed E-state index contributed by atoms with van der Waals surface area (Å²) in [6, 6.07) is 8.27. The summed E-state index contributed by atoms with van der Waals surface area (Å²) < 4.78 is 0. The standard InChI is InChI=1S/C15H21NO/c1-11-5-4-6-12(9-11)10-15(17)13-7-2-3-8-14(13)16/h4-6,9,13-14H,2-3,7-8,10,16H2,1H3. The highest BCUT2D eigenvalue weighted by atomic mass is 16.1. The first-order valence-corrected chi connectivity index (χ1v) is 6.50. The lowest BCUT2D eigenvalue weighted by molar-refractivity contribution is -0.123. The van der Waals surface area contributed by atoms with E-state index in [2.05, 4.69) is 19.1 Å². The molecule has 1 aliphatic rings. The fourth-order valence-corrected chi connectivity index (χ4v) is 2.71. The first-order valence-electron chi connectivity index (χ1n) is 6.50.